The second kappa shape index (κ2) is 8.48. The first-order chi connectivity index (χ1) is 9.99. The molecule has 21 heavy (non-hydrogen) atoms. The van der Waals surface area contributed by atoms with Crippen molar-refractivity contribution in [3.05, 3.63) is 77.4 Å². The number of alkyl halides is 1. The number of hydrogen-bond donors (Lipinski definition) is 0. The molecule has 1 aromatic carbocycles. The zero-order valence-electron chi connectivity index (χ0n) is 12.6. The Balaban J connectivity index is 3.20. The van der Waals surface area contributed by atoms with Crippen LogP contribution in [0.1, 0.15) is 25.0 Å². The van der Waals surface area contributed by atoms with Crippen LogP contribution in [0.15, 0.2) is 60.4 Å². The summed E-state index contributed by atoms with van der Waals surface area (Å²) in [5, 5.41) is 0. The maximum atomic E-state index is 13.3. The molecule has 0 bridgehead atoms. The van der Waals surface area contributed by atoms with Gasteiger partial charge in [0.25, 0.3) is 0 Å². The summed E-state index contributed by atoms with van der Waals surface area (Å²) in [4.78, 5) is 0. The van der Waals surface area contributed by atoms with Crippen LogP contribution in [-0.2, 0) is 4.74 Å². The summed E-state index contributed by atoms with van der Waals surface area (Å²) in [7, 11) is 0. The smallest absolute Gasteiger partial charge is 0.133 e. The number of halogens is 2. The minimum Gasteiger partial charge on any atom is -0.457 e. The van der Waals surface area contributed by atoms with E-state index in [2.05, 4.69) is 6.58 Å². The van der Waals surface area contributed by atoms with Crippen molar-refractivity contribution >= 4 is 17.4 Å². The van der Waals surface area contributed by atoms with E-state index < -0.39 is 0 Å². The predicted octanol–water partition coefficient (Wildman–Crippen LogP) is 5.77. The molecule has 1 rings (SSSR count). The SMILES string of the molecule is C=C/C=C(\C=C/CCl)OC(=C(C)C)c1ccc(F)cc1C. The van der Waals surface area contributed by atoms with Crippen molar-refractivity contribution in [1.29, 1.82) is 0 Å². The van der Waals surface area contributed by atoms with Crippen LogP contribution in [0.4, 0.5) is 4.39 Å². The molecule has 1 nitrogen and oxygen atoms in total. The fourth-order valence-corrected chi connectivity index (χ4v) is 1.92. The topological polar surface area (TPSA) is 9.23 Å². The average Bonchev–Trinajstić information content (AvgIpc) is 2.42. The van der Waals surface area contributed by atoms with Crippen molar-refractivity contribution in [2.75, 3.05) is 5.88 Å². The van der Waals surface area contributed by atoms with Gasteiger partial charge in [0.1, 0.15) is 17.3 Å². The summed E-state index contributed by atoms with van der Waals surface area (Å²) in [6.45, 7) is 9.44. The van der Waals surface area contributed by atoms with Gasteiger partial charge >= 0.3 is 0 Å². The van der Waals surface area contributed by atoms with Gasteiger partial charge in [-0.1, -0.05) is 18.7 Å². The molecular formula is C18H20ClFO. The molecular weight excluding hydrogens is 287 g/mol. The quantitative estimate of drug-likeness (QED) is 0.368. The van der Waals surface area contributed by atoms with E-state index in [9.17, 15) is 4.39 Å². The van der Waals surface area contributed by atoms with Crippen LogP contribution in [0, 0.1) is 12.7 Å². The van der Waals surface area contributed by atoms with Gasteiger partial charge in [0.2, 0.25) is 0 Å². The van der Waals surface area contributed by atoms with Crippen molar-refractivity contribution in [1.82, 2.24) is 0 Å². The van der Waals surface area contributed by atoms with E-state index in [1.54, 1.807) is 30.4 Å². The second-order valence-corrected chi connectivity index (χ2v) is 5.06. The normalized spacial score (nSPS) is 11.6. The highest BCUT2D eigenvalue weighted by atomic mass is 35.5. The largest absolute Gasteiger partial charge is 0.457 e. The van der Waals surface area contributed by atoms with Crippen molar-refractivity contribution < 1.29 is 9.13 Å². The summed E-state index contributed by atoms with van der Waals surface area (Å²) in [6.07, 6.45) is 6.98. The van der Waals surface area contributed by atoms with Gasteiger partial charge in [0.15, 0.2) is 0 Å². The number of hydrogen-bond acceptors (Lipinski definition) is 1. The van der Waals surface area contributed by atoms with Crippen LogP contribution in [-0.4, -0.2) is 5.88 Å². The molecule has 0 saturated carbocycles. The van der Waals surface area contributed by atoms with E-state index in [-0.39, 0.29) is 5.82 Å². The highest BCUT2D eigenvalue weighted by Crippen LogP contribution is 2.27. The number of allylic oxidation sites excluding steroid dienone is 5. The number of ether oxygens (including phenoxy) is 1. The molecule has 0 unspecified atom stereocenters. The van der Waals surface area contributed by atoms with Crippen molar-refractivity contribution in [2.24, 2.45) is 0 Å². The first kappa shape index (κ1) is 17.3. The van der Waals surface area contributed by atoms with Crippen LogP contribution in [0.2, 0.25) is 0 Å². The summed E-state index contributed by atoms with van der Waals surface area (Å²) in [5.74, 6) is 1.48. The highest BCUT2D eigenvalue weighted by Gasteiger charge is 2.11. The molecule has 112 valence electrons. The summed E-state index contributed by atoms with van der Waals surface area (Å²) < 4.78 is 19.2. The molecule has 0 N–H and O–H groups in total. The lowest BCUT2D eigenvalue weighted by Gasteiger charge is -2.15. The third kappa shape index (κ3) is 5.24. The van der Waals surface area contributed by atoms with Crippen LogP contribution in [0.25, 0.3) is 5.76 Å². The molecule has 0 heterocycles. The maximum Gasteiger partial charge on any atom is 0.133 e. The van der Waals surface area contributed by atoms with E-state index in [1.807, 2.05) is 20.8 Å². The van der Waals surface area contributed by atoms with E-state index >= 15 is 0 Å². The number of aryl methyl sites for hydroxylation is 1. The molecule has 0 aliphatic carbocycles. The van der Waals surface area contributed by atoms with Crippen LogP contribution in [0.3, 0.4) is 0 Å². The Bertz CT molecular complexity index is 593. The Morgan fingerprint density at radius 1 is 1.38 bits per heavy atom. The minimum atomic E-state index is -0.256. The molecule has 0 saturated heterocycles. The van der Waals surface area contributed by atoms with E-state index in [0.717, 1.165) is 16.7 Å². The first-order valence-corrected chi connectivity index (χ1v) is 7.20. The Labute approximate surface area is 131 Å². The van der Waals surface area contributed by atoms with E-state index in [1.165, 1.54) is 12.1 Å². The zero-order chi connectivity index (χ0) is 15.8. The lowest BCUT2D eigenvalue weighted by molar-refractivity contribution is 0.396. The molecule has 0 spiro atoms. The summed E-state index contributed by atoms with van der Waals surface area (Å²) in [6, 6.07) is 4.65. The third-order valence-electron chi connectivity index (χ3n) is 2.76. The van der Waals surface area contributed by atoms with Gasteiger partial charge in [-0.25, -0.2) is 4.39 Å². The fourth-order valence-electron chi connectivity index (χ4n) is 1.83. The summed E-state index contributed by atoms with van der Waals surface area (Å²) >= 11 is 5.66. The van der Waals surface area contributed by atoms with Gasteiger partial charge in [-0.05, 0) is 62.3 Å². The predicted molar refractivity (Wildman–Crippen MR) is 88.6 cm³/mol. The Morgan fingerprint density at radius 3 is 2.62 bits per heavy atom. The minimum absolute atomic E-state index is 0.256. The average molecular weight is 307 g/mol. The van der Waals surface area contributed by atoms with Gasteiger partial charge in [0.05, 0.1) is 0 Å². The Morgan fingerprint density at radius 2 is 2.10 bits per heavy atom. The molecule has 0 amide bonds. The standard InChI is InChI=1S/C18H20ClFO/c1-5-7-16(8-6-11-19)21-18(13(2)3)17-10-9-15(20)12-14(17)4/h5-10,12H,1,11H2,2-4H3/b8-6-,16-7+. The molecule has 1 aromatic rings. The third-order valence-corrected chi connectivity index (χ3v) is 2.94. The van der Waals surface area contributed by atoms with E-state index in [0.29, 0.717) is 17.4 Å². The summed E-state index contributed by atoms with van der Waals surface area (Å²) in [5.41, 5.74) is 2.69. The van der Waals surface area contributed by atoms with Crippen molar-refractivity contribution in [3.8, 4) is 0 Å². The molecule has 0 fully saturated rings. The lowest BCUT2D eigenvalue weighted by Crippen LogP contribution is -1.97. The second-order valence-electron chi connectivity index (χ2n) is 4.75. The number of benzene rings is 1. The first-order valence-electron chi connectivity index (χ1n) is 6.66. The van der Waals surface area contributed by atoms with Gasteiger partial charge in [-0.2, -0.15) is 0 Å². The van der Waals surface area contributed by atoms with Crippen LogP contribution >= 0.6 is 11.6 Å². The molecule has 0 atom stereocenters. The van der Waals surface area contributed by atoms with Crippen molar-refractivity contribution in [3.63, 3.8) is 0 Å². The van der Waals surface area contributed by atoms with Gasteiger partial charge in [-0.3, -0.25) is 0 Å². The maximum absolute atomic E-state index is 13.3. The van der Waals surface area contributed by atoms with Gasteiger partial charge in [0, 0.05) is 11.4 Å². The fraction of sp³-hybridized carbons (Fsp3) is 0.222. The zero-order valence-corrected chi connectivity index (χ0v) is 13.4. The Kier molecular flexibility index (Phi) is 6.97. The molecule has 0 aliphatic heterocycles. The lowest BCUT2D eigenvalue weighted by atomic mass is 10.0. The molecule has 0 aromatic heterocycles. The van der Waals surface area contributed by atoms with E-state index in [4.69, 9.17) is 16.3 Å². The molecule has 3 heteroatoms. The van der Waals surface area contributed by atoms with Gasteiger partial charge in [-0.15, -0.1) is 11.6 Å². The van der Waals surface area contributed by atoms with Crippen molar-refractivity contribution in [2.45, 2.75) is 20.8 Å². The van der Waals surface area contributed by atoms with Crippen LogP contribution < -0.4 is 0 Å². The molecule has 0 aliphatic rings. The number of rotatable bonds is 6. The molecule has 0 radical (unpaired) electrons. The highest BCUT2D eigenvalue weighted by molar-refractivity contribution is 6.18. The van der Waals surface area contributed by atoms with Crippen LogP contribution in [0.5, 0.6) is 0 Å². The monoisotopic (exact) mass is 306 g/mol. The Hall–Kier alpha value is -1.80. The van der Waals surface area contributed by atoms with Gasteiger partial charge < -0.3 is 4.74 Å².